The fraction of sp³-hybridized carbons (Fsp3) is 0.500. The lowest BCUT2D eigenvalue weighted by Gasteiger charge is -2.09. The van der Waals surface area contributed by atoms with Gasteiger partial charge in [0.2, 0.25) is 0 Å². The van der Waals surface area contributed by atoms with Gasteiger partial charge in [-0.3, -0.25) is 4.79 Å². The molecule has 90 valence electrons. The highest BCUT2D eigenvalue weighted by Crippen LogP contribution is 2.19. The van der Waals surface area contributed by atoms with Crippen LogP contribution in [-0.2, 0) is 11.2 Å². The summed E-state index contributed by atoms with van der Waals surface area (Å²) < 4.78 is 1.11. The van der Waals surface area contributed by atoms with E-state index >= 15 is 0 Å². The van der Waals surface area contributed by atoms with Gasteiger partial charge < -0.3 is 16.2 Å². The van der Waals surface area contributed by atoms with E-state index < -0.39 is 5.97 Å². The molecule has 4 N–H and O–H groups in total. The van der Waals surface area contributed by atoms with Crippen molar-refractivity contribution in [3.05, 3.63) is 20.8 Å². The zero-order chi connectivity index (χ0) is 12.0. The van der Waals surface area contributed by atoms with Gasteiger partial charge in [0.25, 0.3) is 0 Å². The number of carboxylic acids is 1. The van der Waals surface area contributed by atoms with Gasteiger partial charge in [-0.25, -0.2) is 0 Å². The molecule has 0 bridgehead atoms. The number of halogens is 1. The van der Waals surface area contributed by atoms with E-state index in [4.69, 9.17) is 10.8 Å². The largest absolute Gasteiger partial charge is 0.481 e. The van der Waals surface area contributed by atoms with Crippen LogP contribution in [0.4, 0.5) is 0 Å². The summed E-state index contributed by atoms with van der Waals surface area (Å²) in [6.45, 7) is 1.36. The molecule has 1 rings (SSSR count). The second kappa shape index (κ2) is 7.01. The summed E-state index contributed by atoms with van der Waals surface area (Å²) in [5, 5.41) is 13.7. The molecule has 1 aromatic heterocycles. The van der Waals surface area contributed by atoms with E-state index in [2.05, 4.69) is 27.3 Å². The van der Waals surface area contributed by atoms with Crippen molar-refractivity contribution in [1.29, 1.82) is 0 Å². The predicted molar refractivity (Wildman–Crippen MR) is 68.8 cm³/mol. The second-order valence-corrected chi connectivity index (χ2v) is 5.45. The van der Waals surface area contributed by atoms with Crippen molar-refractivity contribution in [2.45, 2.75) is 18.9 Å². The molecule has 0 amide bonds. The fourth-order valence-corrected chi connectivity index (χ4v) is 2.74. The van der Waals surface area contributed by atoms with Gasteiger partial charge in [-0.05, 0) is 28.4 Å². The van der Waals surface area contributed by atoms with Gasteiger partial charge >= 0.3 is 5.97 Å². The fourth-order valence-electron chi connectivity index (χ4n) is 1.28. The van der Waals surface area contributed by atoms with Crippen LogP contribution in [0.2, 0.25) is 0 Å². The molecule has 0 aliphatic carbocycles. The summed E-state index contributed by atoms with van der Waals surface area (Å²) in [7, 11) is 0. The highest BCUT2D eigenvalue weighted by Gasteiger charge is 2.06. The van der Waals surface area contributed by atoms with Gasteiger partial charge in [0.15, 0.2) is 0 Å². The van der Waals surface area contributed by atoms with Crippen LogP contribution in [0, 0.1) is 0 Å². The van der Waals surface area contributed by atoms with Crippen LogP contribution in [0.25, 0.3) is 0 Å². The van der Waals surface area contributed by atoms with E-state index in [0.29, 0.717) is 6.54 Å². The lowest BCUT2D eigenvalue weighted by molar-refractivity contribution is -0.137. The molecule has 0 aliphatic heterocycles. The monoisotopic (exact) mass is 306 g/mol. The Balaban J connectivity index is 2.10. The summed E-state index contributed by atoms with van der Waals surface area (Å²) in [6, 6.07) is 1.77. The summed E-state index contributed by atoms with van der Waals surface area (Å²) >= 11 is 5.10. The highest BCUT2D eigenvalue weighted by molar-refractivity contribution is 9.10. The third-order valence-electron chi connectivity index (χ3n) is 2.01. The Bertz CT molecular complexity index is 343. The van der Waals surface area contributed by atoms with Crippen molar-refractivity contribution >= 4 is 33.2 Å². The number of nitrogens with two attached hydrogens (primary N) is 1. The van der Waals surface area contributed by atoms with E-state index in [1.165, 1.54) is 4.88 Å². The number of carboxylic acid groups (broad SMARTS) is 1. The molecule has 0 radical (unpaired) electrons. The molecule has 1 aromatic rings. The normalized spacial score (nSPS) is 12.6. The average molecular weight is 307 g/mol. The number of nitrogens with one attached hydrogen (secondary N) is 1. The number of carbonyl (C=O) groups is 1. The smallest absolute Gasteiger partial charge is 0.304 e. The van der Waals surface area contributed by atoms with Crippen LogP contribution in [-0.4, -0.2) is 30.2 Å². The van der Waals surface area contributed by atoms with Crippen molar-refractivity contribution in [2.24, 2.45) is 5.73 Å². The van der Waals surface area contributed by atoms with Crippen LogP contribution in [0.1, 0.15) is 11.3 Å². The summed E-state index contributed by atoms with van der Waals surface area (Å²) in [4.78, 5) is 11.7. The lowest BCUT2D eigenvalue weighted by atomic mass is 10.2. The molecule has 0 aromatic carbocycles. The Kier molecular flexibility index (Phi) is 5.97. The topological polar surface area (TPSA) is 75.3 Å². The Morgan fingerprint density at radius 3 is 3.00 bits per heavy atom. The van der Waals surface area contributed by atoms with Crippen LogP contribution < -0.4 is 11.1 Å². The first kappa shape index (κ1) is 13.6. The van der Waals surface area contributed by atoms with Gasteiger partial charge in [-0.1, -0.05) is 0 Å². The maximum atomic E-state index is 10.4. The molecule has 0 fully saturated rings. The molecular formula is C10H15BrN2O2S. The van der Waals surface area contributed by atoms with Crippen LogP contribution in [0.5, 0.6) is 0 Å². The van der Waals surface area contributed by atoms with Gasteiger partial charge in [-0.2, -0.15) is 0 Å². The first-order valence-corrected chi connectivity index (χ1v) is 6.66. The zero-order valence-corrected chi connectivity index (χ0v) is 11.2. The van der Waals surface area contributed by atoms with Gasteiger partial charge in [0, 0.05) is 33.9 Å². The maximum Gasteiger partial charge on any atom is 0.304 e. The molecule has 6 heteroatoms. The first-order valence-electron chi connectivity index (χ1n) is 4.99. The first-order chi connectivity index (χ1) is 7.58. The minimum atomic E-state index is -0.850. The SMILES string of the molecule is NC(CNCCc1cc(Br)cs1)CC(=O)O. The Morgan fingerprint density at radius 1 is 1.69 bits per heavy atom. The Hall–Kier alpha value is -0.430. The minimum absolute atomic E-state index is 0.0115. The number of hydrogen-bond donors (Lipinski definition) is 3. The molecular weight excluding hydrogens is 292 g/mol. The highest BCUT2D eigenvalue weighted by atomic mass is 79.9. The van der Waals surface area contributed by atoms with E-state index in [1.807, 2.05) is 5.38 Å². The lowest BCUT2D eigenvalue weighted by Crippen LogP contribution is -2.36. The van der Waals surface area contributed by atoms with Crippen LogP contribution >= 0.6 is 27.3 Å². The molecule has 16 heavy (non-hydrogen) atoms. The standard InChI is InChI=1S/C10H15BrN2O2S/c11-7-3-9(16-6-7)1-2-13-5-8(12)4-10(14)15/h3,6,8,13H,1-2,4-5,12H2,(H,14,15). The summed E-state index contributed by atoms with van der Waals surface area (Å²) in [5.74, 6) is -0.850. The van der Waals surface area contributed by atoms with Crippen molar-refractivity contribution in [2.75, 3.05) is 13.1 Å². The third kappa shape index (κ3) is 5.60. The van der Waals surface area contributed by atoms with Crippen molar-refractivity contribution < 1.29 is 9.90 Å². The number of hydrogen-bond acceptors (Lipinski definition) is 4. The average Bonchev–Trinajstić information content (AvgIpc) is 2.58. The summed E-state index contributed by atoms with van der Waals surface area (Å²) in [6.07, 6.45) is 0.952. The van der Waals surface area contributed by atoms with E-state index in [-0.39, 0.29) is 12.5 Å². The maximum absolute atomic E-state index is 10.4. The van der Waals surface area contributed by atoms with Crippen LogP contribution in [0.15, 0.2) is 15.9 Å². The van der Waals surface area contributed by atoms with E-state index in [0.717, 1.165) is 17.4 Å². The predicted octanol–water partition coefficient (Wildman–Crippen LogP) is 1.44. The van der Waals surface area contributed by atoms with Gasteiger partial charge in [0.1, 0.15) is 0 Å². The quantitative estimate of drug-likeness (QED) is 0.666. The van der Waals surface area contributed by atoms with Crippen molar-refractivity contribution in [3.8, 4) is 0 Å². The Labute approximate surface area is 107 Å². The van der Waals surface area contributed by atoms with E-state index in [1.54, 1.807) is 11.3 Å². The minimum Gasteiger partial charge on any atom is -0.481 e. The molecule has 1 heterocycles. The van der Waals surface area contributed by atoms with Crippen molar-refractivity contribution in [3.63, 3.8) is 0 Å². The molecule has 1 atom stereocenters. The number of rotatable bonds is 7. The molecule has 4 nitrogen and oxygen atoms in total. The molecule has 0 aliphatic rings. The van der Waals surface area contributed by atoms with Gasteiger partial charge in [0.05, 0.1) is 6.42 Å². The second-order valence-electron chi connectivity index (χ2n) is 3.54. The van der Waals surface area contributed by atoms with Crippen molar-refractivity contribution in [1.82, 2.24) is 5.32 Å². The zero-order valence-electron chi connectivity index (χ0n) is 8.78. The molecule has 1 unspecified atom stereocenters. The molecule has 0 saturated carbocycles. The van der Waals surface area contributed by atoms with Gasteiger partial charge in [-0.15, -0.1) is 11.3 Å². The third-order valence-corrected chi connectivity index (χ3v) is 3.77. The Morgan fingerprint density at radius 2 is 2.44 bits per heavy atom. The number of thiophene rings is 1. The summed E-state index contributed by atoms with van der Waals surface area (Å²) in [5.41, 5.74) is 5.61. The number of aliphatic carboxylic acids is 1. The molecule has 0 spiro atoms. The molecule has 0 saturated heterocycles. The van der Waals surface area contributed by atoms with E-state index in [9.17, 15) is 4.79 Å². The van der Waals surface area contributed by atoms with Crippen LogP contribution in [0.3, 0.4) is 0 Å².